The Morgan fingerprint density at radius 2 is 1.64 bits per heavy atom. The maximum Gasteiger partial charge on any atom is 0.311 e. The zero-order valence-corrected chi connectivity index (χ0v) is 18.3. The lowest BCUT2D eigenvalue weighted by atomic mass is 10.2. The molecule has 0 aliphatic heterocycles. The summed E-state index contributed by atoms with van der Waals surface area (Å²) < 4.78 is 18.7. The van der Waals surface area contributed by atoms with E-state index < -0.39 is 5.97 Å². The van der Waals surface area contributed by atoms with Crippen molar-refractivity contribution in [3.05, 3.63) is 94.9 Å². The molecule has 7 nitrogen and oxygen atoms in total. The molecule has 0 N–H and O–H groups in total. The van der Waals surface area contributed by atoms with Crippen LogP contribution in [0.1, 0.15) is 18.9 Å². The van der Waals surface area contributed by atoms with Crippen LogP contribution >= 0.6 is 0 Å². The molecule has 4 aromatic rings. The molecule has 168 valence electrons. The molecule has 0 aliphatic rings. The summed E-state index contributed by atoms with van der Waals surface area (Å²) in [5, 5.41) is 5.60. The van der Waals surface area contributed by atoms with Gasteiger partial charge in [0.15, 0.2) is 11.5 Å². The third-order valence-corrected chi connectivity index (χ3v) is 5.01. The summed E-state index contributed by atoms with van der Waals surface area (Å²) in [5.74, 6) is 0.581. The van der Waals surface area contributed by atoms with Gasteiger partial charge in [-0.05, 0) is 23.8 Å². The van der Waals surface area contributed by atoms with E-state index in [1.807, 2.05) is 48.5 Å². The van der Waals surface area contributed by atoms with E-state index in [0.717, 1.165) is 10.9 Å². The number of ether oxygens (including phenoxy) is 3. The fourth-order valence-electron chi connectivity index (χ4n) is 3.27. The number of hydrogen-bond donors (Lipinski definition) is 0. The molecule has 0 saturated carbocycles. The summed E-state index contributed by atoms with van der Waals surface area (Å²) in [6.45, 7) is 2.43. The number of nitrogens with zero attached hydrogens (tertiary/aromatic N) is 2. The number of carbonyl (C=O) groups excluding carboxylic acids is 1. The SMILES string of the molecule is CCC(=O)Oc1c(OCCn2ncc3ccccc3c2=O)cccc1OCc1ccccc1. The molecule has 33 heavy (non-hydrogen) atoms. The van der Waals surface area contributed by atoms with Gasteiger partial charge in [0.1, 0.15) is 13.2 Å². The van der Waals surface area contributed by atoms with Crippen LogP contribution in [0.5, 0.6) is 17.2 Å². The summed E-state index contributed by atoms with van der Waals surface area (Å²) in [4.78, 5) is 24.7. The number of benzene rings is 3. The first-order valence-corrected chi connectivity index (χ1v) is 10.7. The van der Waals surface area contributed by atoms with Gasteiger partial charge in [-0.3, -0.25) is 9.59 Å². The number of aromatic nitrogens is 2. The molecular formula is C26H24N2O5. The number of fused-ring (bicyclic) bond motifs is 1. The van der Waals surface area contributed by atoms with E-state index in [4.69, 9.17) is 14.2 Å². The molecule has 0 amide bonds. The van der Waals surface area contributed by atoms with Crippen molar-refractivity contribution in [2.45, 2.75) is 26.5 Å². The molecule has 0 unspecified atom stereocenters. The summed E-state index contributed by atoms with van der Waals surface area (Å²) in [6.07, 6.45) is 1.87. The first kappa shape index (κ1) is 22.1. The van der Waals surface area contributed by atoms with Gasteiger partial charge in [0.2, 0.25) is 5.75 Å². The number of carbonyl (C=O) groups is 1. The Morgan fingerprint density at radius 3 is 2.42 bits per heavy atom. The van der Waals surface area contributed by atoms with Gasteiger partial charge in [-0.15, -0.1) is 0 Å². The molecule has 0 atom stereocenters. The second-order valence-electron chi connectivity index (χ2n) is 7.29. The first-order chi connectivity index (χ1) is 16.2. The number of hydrogen-bond acceptors (Lipinski definition) is 6. The highest BCUT2D eigenvalue weighted by Gasteiger charge is 2.16. The monoisotopic (exact) mass is 444 g/mol. The molecule has 7 heteroatoms. The van der Waals surface area contributed by atoms with Crippen LogP contribution < -0.4 is 19.8 Å². The quantitative estimate of drug-likeness (QED) is 0.282. The highest BCUT2D eigenvalue weighted by Crippen LogP contribution is 2.38. The van der Waals surface area contributed by atoms with Gasteiger partial charge in [0.25, 0.3) is 5.56 Å². The molecular weight excluding hydrogens is 420 g/mol. The van der Waals surface area contributed by atoms with E-state index in [9.17, 15) is 9.59 Å². The van der Waals surface area contributed by atoms with Crippen LogP contribution in [0.4, 0.5) is 0 Å². The van der Waals surface area contributed by atoms with Crippen molar-refractivity contribution in [1.82, 2.24) is 9.78 Å². The maximum absolute atomic E-state index is 12.7. The van der Waals surface area contributed by atoms with Crippen LogP contribution in [0.2, 0.25) is 0 Å². The van der Waals surface area contributed by atoms with Gasteiger partial charge in [-0.25, -0.2) is 4.68 Å². The number of rotatable bonds is 9. The second-order valence-corrected chi connectivity index (χ2v) is 7.29. The summed E-state index contributed by atoms with van der Waals surface area (Å²) >= 11 is 0. The Kier molecular flexibility index (Phi) is 6.99. The van der Waals surface area contributed by atoms with Gasteiger partial charge in [-0.2, -0.15) is 5.10 Å². The van der Waals surface area contributed by atoms with E-state index in [2.05, 4.69) is 5.10 Å². The average molecular weight is 444 g/mol. The van der Waals surface area contributed by atoms with Crippen LogP contribution in [0, 0.1) is 0 Å². The van der Waals surface area contributed by atoms with Crippen LogP contribution in [0.15, 0.2) is 83.8 Å². The van der Waals surface area contributed by atoms with Gasteiger partial charge in [0, 0.05) is 11.8 Å². The lowest BCUT2D eigenvalue weighted by Crippen LogP contribution is -2.25. The highest BCUT2D eigenvalue weighted by atomic mass is 16.6. The van der Waals surface area contributed by atoms with Crippen LogP contribution in [-0.2, 0) is 17.9 Å². The number of para-hydroxylation sites is 1. The topological polar surface area (TPSA) is 79.7 Å². The molecule has 1 heterocycles. The molecule has 1 aromatic heterocycles. The van der Waals surface area contributed by atoms with Gasteiger partial charge < -0.3 is 14.2 Å². The zero-order chi connectivity index (χ0) is 23.0. The predicted molar refractivity (Wildman–Crippen MR) is 125 cm³/mol. The molecule has 4 rings (SSSR count). The third kappa shape index (κ3) is 5.38. The van der Waals surface area contributed by atoms with E-state index in [-0.39, 0.29) is 30.9 Å². The lowest BCUT2D eigenvalue weighted by molar-refractivity contribution is -0.134. The van der Waals surface area contributed by atoms with Crippen LogP contribution in [0.3, 0.4) is 0 Å². The summed E-state index contributed by atoms with van der Waals surface area (Å²) in [5.41, 5.74) is 0.799. The first-order valence-electron chi connectivity index (χ1n) is 10.7. The van der Waals surface area contributed by atoms with Crippen LogP contribution in [0.25, 0.3) is 10.8 Å². The second kappa shape index (κ2) is 10.5. The van der Waals surface area contributed by atoms with Crippen molar-refractivity contribution in [2.75, 3.05) is 6.61 Å². The van der Waals surface area contributed by atoms with Gasteiger partial charge in [0.05, 0.1) is 18.1 Å². The Bertz CT molecular complexity index is 1300. The molecule has 0 bridgehead atoms. The average Bonchev–Trinajstić information content (AvgIpc) is 2.86. The summed E-state index contributed by atoms with van der Waals surface area (Å²) in [6, 6.07) is 22.2. The lowest BCUT2D eigenvalue weighted by Gasteiger charge is -2.16. The Hall–Kier alpha value is -4.13. The van der Waals surface area contributed by atoms with E-state index in [1.165, 1.54) is 4.68 Å². The van der Waals surface area contributed by atoms with Crippen molar-refractivity contribution in [1.29, 1.82) is 0 Å². The third-order valence-electron chi connectivity index (χ3n) is 5.01. The van der Waals surface area contributed by atoms with Crippen molar-refractivity contribution >= 4 is 16.7 Å². The molecule has 3 aromatic carbocycles. The van der Waals surface area contributed by atoms with E-state index >= 15 is 0 Å². The van der Waals surface area contributed by atoms with Crippen molar-refractivity contribution in [3.8, 4) is 17.2 Å². The molecule has 0 spiro atoms. The van der Waals surface area contributed by atoms with Crippen molar-refractivity contribution < 1.29 is 19.0 Å². The molecule has 0 radical (unpaired) electrons. The largest absolute Gasteiger partial charge is 0.488 e. The fourth-order valence-corrected chi connectivity index (χ4v) is 3.27. The predicted octanol–water partition coefficient (Wildman–Crippen LogP) is 4.37. The number of esters is 1. The Morgan fingerprint density at radius 1 is 0.909 bits per heavy atom. The minimum absolute atomic E-state index is 0.157. The van der Waals surface area contributed by atoms with Crippen LogP contribution in [-0.4, -0.2) is 22.4 Å². The van der Waals surface area contributed by atoms with Crippen molar-refractivity contribution in [3.63, 3.8) is 0 Å². The van der Waals surface area contributed by atoms with E-state index in [1.54, 1.807) is 37.4 Å². The van der Waals surface area contributed by atoms with Gasteiger partial charge in [-0.1, -0.05) is 61.5 Å². The smallest absolute Gasteiger partial charge is 0.311 e. The maximum atomic E-state index is 12.7. The van der Waals surface area contributed by atoms with Crippen molar-refractivity contribution in [2.24, 2.45) is 0 Å². The standard InChI is InChI=1S/C26H24N2O5/c1-2-24(29)33-25-22(13-8-14-23(25)32-18-19-9-4-3-5-10-19)31-16-15-28-26(30)21-12-7-6-11-20(21)17-27-28/h3-14,17H,2,15-16,18H2,1H3. The minimum atomic E-state index is -0.400. The molecule has 0 fully saturated rings. The van der Waals surface area contributed by atoms with Gasteiger partial charge >= 0.3 is 5.97 Å². The molecule has 0 saturated heterocycles. The Labute approximate surface area is 191 Å². The zero-order valence-electron chi connectivity index (χ0n) is 18.3. The minimum Gasteiger partial charge on any atom is -0.488 e. The van der Waals surface area contributed by atoms with E-state index in [0.29, 0.717) is 23.5 Å². The normalized spacial score (nSPS) is 10.7. The Balaban J connectivity index is 1.51. The molecule has 0 aliphatic carbocycles. The highest BCUT2D eigenvalue weighted by molar-refractivity contribution is 5.80. The fraction of sp³-hybridized carbons (Fsp3) is 0.192. The summed E-state index contributed by atoms with van der Waals surface area (Å²) in [7, 11) is 0.